The molecule has 0 aliphatic carbocycles. The molecule has 0 unspecified atom stereocenters. The molecule has 0 atom stereocenters. The molecule has 0 fully saturated rings. The van der Waals surface area contributed by atoms with Crippen LogP contribution in [-0.4, -0.2) is 22.0 Å². The number of H-pyrrole nitrogens is 1. The van der Waals surface area contributed by atoms with Crippen molar-refractivity contribution in [3.05, 3.63) is 46.4 Å². The van der Waals surface area contributed by atoms with Crippen molar-refractivity contribution in [3.63, 3.8) is 0 Å². The number of aromatic amines is 1. The molecule has 1 N–H and O–H groups in total. The smallest absolute Gasteiger partial charge is 0.544 e. The zero-order valence-electron chi connectivity index (χ0n) is 10.6. The topological polar surface area (TPSA) is 90.3 Å². The van der Waals surface area contributed by atoms with Crippen molar-refractivity contribution in [1.82, 2.24) is 9.78 Å². The maximum absolute atomic E-state index is 12.0. The van der Waals surface area contributed by atoms with E-state index in [4.69, 9.17) is 0 Å². The number of aryl methyl sites for hydroxylation is 1. The van der Waals surface area contributed by atoms with Gasteiger partial charge in [-0.3, -0.25) is 9.89 Å². The monoisotopic (exact) mass is 267 g/mol. The fraction of sp³-hybridized carbons (Fsp3) is 0.0833. The summed E-state index contributed by atoms with van der Waals surface area (Å²) in [5.74, 6) is -1.44. The minimum Gasteiger partial charge on any atom is -0.544 e. The van der Waals surface area contributed by atoms with Crippen LogP contribution in [0.1, 0.15) is 5.69 Å². The predicted molar refractivity (Wildman–Crippen MR) is 64.3 cm³/mol. The predicted octanol–water partition coefficient (Wildman–Crippen LogP) is -3.07. The Morgan fingerprint density at radius 3 is 2.58 bits per heavy atom. The Kier molecular flexibility index (Phi) is 5.29. The van der Waals surface area contributed by atoms with Gasteiger partial charge in [0.1, 0.15) is 0 Å². The molecule has 0 aliphatic heterocycles. The number of carboxylic acid groups (broad SMARTS) is 1. The van der Waals surface area contributed by atoms with Crippen LogP contribution in [0.3, 0.4) is 0 Å². The number of aromatic nitrogens is 2. The average molecular weight is 267 g/mol. The van der Waals surface area contributed by atoms with Crippen LogP contribution in [0.5, 0.6) is 0 Å². The van der Waals surface area contributed by atoms with Crippen molar-refractivity contribution in [2.75, 3.05) is 0 Å². The third-order valence-corrected chi connectivity index (χ3v) is 2.35. The Balaban J connectivity index is 0.00000180. The number of carbonyl (C=O) groups is 1. The molecule has 1 aromatic heterocycles. The van der Waals surface area contributed by atoms with E-state index in [1.807, 2.05) is 6.07 Å². The first-order valence-corrected chi connectivity index (χ1v) is 5.21. The van der Waals surface area contributed by atoms with Crippen LogP contribution < -0.4 is 40.2 Å². The number of hydrogen-bond donors (Lipinski definition) is 1. The SMILES string of the molecule is Cc1[nH]n(-c2ccccc2)c(=O)c1N=CC(=O)[O-].[Na+]. The summed E-state index contributed by atoms with van der Waals surface area (Å²) in [5.41, 5.74) is 0.793. The first-order chi connectivity index (χ1) is 8.59. The molecule has 1 heterocycles. The summed E-state index contributed by atoms with van der Waals surface area (Å²) in [6, 6.07) is 8.93. The number of para-hydroxylation sites is 1. The second-order valence-corrected chi connectivity index (χ2v) is 3.64. The van der Waals surface area contributed by atoms with Gasteiger partial charge in [-0.05, 0) is 19.1 Å². The summed E-state index contributed by atoms with van der Waals surface area (Å²) in [7, 11) is 0. The Labute approximate surface area is 131 Å². The molecular formula is C12H10N3NaO3. The van der Waals surface area contributed by atoms with Gasteiger partial charge in [-0.1, -0.05) is 18.2 Å². The van der Waals surface area contributed by atoms with Crippen LogP contribution in [0.15, 0.2) is 40.1 Å². The maximum atomic E-state index is 12.0. The number of carboxylic acids is 1. The van der Waals surface area contributed by atoms with Crippen LogP contribution in [0.2, 0.25) is 0 Å². The Bertz CT molecular complexity index is 659. The fourth-order valence-electron chi connectivity index (χ4n) is 1.57. The maximum Gasteiger partial charge on any atom is 1.00 e. The Morgan fingerprint density at radius 2 is 2.00 bits per heavy atom. The molecule has 6 nitrogen and oxygen atoms in total. The van der Waals surface area contributed by atoms with E-state index in [0.717, 1.165) is 0 Å². The quantitative estimate of drug-likeness (QED) is 0.472. The average Bonchev–Trinajstić information content (AvgIpc) is 2.63. The second-order valence-electron chi connectivity index (χ2n) is 3.64. The number of benzene rings is 1. The van der Waals surface area contributed by atoms with Crippen LogP contribution in [-0.2, 0) is 4.79 Å². The zero-order chi connectivity index (χ0) is 13.1. The first kappa shape index (κ1) is 15.4. The van der Waals surface area contributed by atoms with E-state index in [2.05, 4.69) is 10.1 Å². The van der Waals surface area contributed by atoms with E-state index in [0.29, 0.717) is 17.6 Å². The van der Waals surface area contributed by atoms with Gasteiger partial charge < -0.3 is 9.90 Å². The van der Waals surface area contributed by atoms with Crippen molar-refractivity contribution in [2.24, 2.45) is 4.99 Å². The minimum atomic E-state index is -1.44. The van der Waals surface area contributed by atoms with Gasteiger partial charge in [0, 0.05) is 0 Å². The standard InChI is InChI=1S/C12H11N3O3.Na/c1-8-11(13-7-10(16)17)12(18)15(14-8)9-5-3-2-4-6-9;/h2-7,14H,1H3,(H,16,17);/q;+1/p-1. The summed E-state index contributed by atoms with van der Waals surface area (Å²) in [5, 5.41) is 13.1. The Morgan fingerprint density at radius 1 is 1.37 bits per heavy atom. The third-order valence-electron chi connectivity index (χ3n) is 2.35. The van der Waals surface area contributed by atoms with Gasteiger partial charge in [0.2, 0.25) is 0 Å². The number of aliphatic imine (C=N–C) groups is 1. The van der Waals surface area contributed by atoms with Gasteiger partial charge in [0.25, 0.3) is 5.56 Å². The summed E-state index contributed by atoms with van der Waals surface area (Å²) < 4.78 is 1.30. The first-order valence-electron chi connectivity index (χ1n) is 5.21. The molecule has 0 radical (unpaired) electrons. The summed E-state index contributed by atoms with van der Waals surface area (Å²) in [4.78, 5) is 25.9. The minimum absolute atomic E-state index is 0. The molecule has 0 amide bonds. The molecule has 2 aromatic rings. The van der Waals surface area contributed by atoms with E-state index in [-0.39, 0.29) is 35.2 Å². The van der Waals surface area contributed by atoms with Crippen LogP contribution in [0.4, 0.5) is 5.69 Å². The fourth-order valence-corrected chi connectivity index (χ4v) is 1.57. The molecule has 0 bridgehead atoms. The largest absolute Gasteiger partial charge is 1.00 e. The third kappa shape index (κ3) is 3.44. The molecule has 0 spiro atoms. The molecular weight excluding hydrogens is 257 g/mol. The molecule has 0 saturated carbocycles. The molecule has 2 rings (SSSR count). The van der Waals surface area contributed by atoms with Gasteiger partial charge in [-0.2, -0.15) is 0 Å². The van der Waals surface area contributed by atoms with Crippen molar-refractivity contribution in [2.45, 2.75) is 6.92 Å². The number of nitrogens with one attached hydrogen (secondary N) is 1. The number of hydrogen-bond acceptors (Lipinski definition) is 4. The molecule has 92 valence electrons. The van der Waals surface area contributed by atoms with Gasteiger partial charge in [0.05, 0.1) is 23.6 Å². The molecule has 7 heteroatoms. The van der Waals surface area contributed by atoms with Gasteiger partial charge in [0.15, 0.2) is 5.69 Å². The van der Waals surface area contributed by atoms with E-state index in [1.54, 1.807) is 31.2 Å². The number of aliphatic carboxylic acids is 1. The molecule has 0 saturated heterocycles. The van der Waals surface area contributed by atoms with Crippen LogP contribution in [0.25, 0.3) is 5.69 Å². The van der Waals surface area contributed by atoms with Crippen molar-refractivity contribution >= 4 is 17.9 Å². The normalized spacial score (nSPS) is 10.4. The molecule has 19 heavy (non-hydrogen) atoms. The van der Waals surface area contributed by atoms with Gasteiger partial charge >= 0.3 is 29.6 Å². The van der Waals surface area contributed by atoms with E-state index in [9.17, 15) is 14.7 Å². The number of carbonyl (C=O) groups excluding carboxylic acids is 1. The summed E-state index contributed by atoms with van der Waals surface area (Å²) >= 11 is 0. The Hall–Kier alpha value is -1.63. The van der Waals surface area contributed by atoms with E-state index in [1.165, 1.54) is 4.68 Å². The van der Waals surface area contributed by atoms with Crippen molar-refractivity contribution in [3.8, 4) is 5.69 Å². The zero-order valence-corrected chi connectivity index (χ0v) is 12.6. The van der Waals surface area contributed by atoms with Crippen molar-refractivity contribution < 1.29 is 39.5 Å². The van der Waals surface area contributed by atoms with E-state index >= 15 is 0 Å². The number of nitrogens with zero attached hydrogens (tertiary/aromatic N) is 2. The number of rotatable bonds is 3. The van der Waals surface area contributed by atoms with Crippen molar-refractivity contribution in [1.29, 1.82) is 0 Å². The van der Waals surface area contributed by atoms with Gasteiger partial charge in [-0.15, -0.1) is 0 Å². The molecule has 0 aliphatic rings. The second kappa shape index (κ2) is 6.51. The summed E-state index contributed by atoms with van der Waals surface area (Å²) in [6.07, 6.45) is 0.590. The van der Waals surface area contributed by atoms with Gasteiger partial charge in [-0.25, -0.2) is 9.67 Å². The van der Waals surface area contributed by atoms with Crippen LogP contribution in [0, 0.1) is 6.92 Å². The van der Waals surface area contributed by atoms with E-state index < -0.39 is 11.5 Å². The summed E-state index contributed by atoms with van der Waals surface area (Å²) in [6.45, 7) is 1.64. The van der Waals surface area contributed by atoms with Crippen LogP contribution >= 0.6 is 0 Å². The molecule has 1 aromatic carbocycles.